The second-order valence-electron chi connectivity index (χ2n) is 5.31. The molecule has 0 amide bonds. The quantitative estimate of drug-likeness (QED) is 0.777. The molecule has 98 valence electrons. The second-order valence-corrected chi connectivity index (χ2v) is 7.38. The van der Waals surface area contributed by atoms with Crippen molar-refractivity contribution in [3.05, 3.63) is 54.1 Å². The molecule has 0 N–H and O–H groups in total. The van der Waals surface area contributed by atoms with Crippen LogP contribution in [0, 0.1) is 0 Å². The van der Waals surface area contributed by atoms with Gasteiger partial charge in [-0.2, -0.15) is 0 Å². The third-order valence-electron chi connectivity index (χ3n) is 4.28. The van der Waals surface area contributed by atoms with Gasteiger partial charge in [0.2, 0.25) is 0 Å². The zero-order valence-corrected chi connectivity index (χ0v) is 11.1. The molecule has 3 nitrogen and oxygen atoms in total. The van der Waals surface area contributed by atoms with Gasteiger partial charge in [-0.05, 0) is 36.6 Å². The molecule has 3 atom stereocenters. The molecule has 0 saturated carbocycles. The molecule has 3 aliphatic rings. The van der Waals surface area contributed by atoms with Crippen molar-refractivity contribution in [2.24, 2.45) is 0 Å². The van der Waals surface area contributed by atoms with E-state index in [0.717, 1.165) is 18.4 Å². The molecule has 1 aliphatic carbocycles. The van der Waals surface area contributed by atoms with E-state index in [1.807, 2.05) is 18.2 Å². The Kier molecular flexibility index (Phi) is 2.16. The molecule has 4 heteroatoms. The third kappa shape index (κ3) is 1.38. The van der Waals surface area contributed by atoms with Crippen molar-refractivity contribution in [3.63, 3.8) is 0 Å². The van der Waals surface area contributed by atoms with E-state index in [0.29, 0.717) is 4.90 Å². The van der Waals surface area contributed by atoms with E-state index in [1.54, 1.807) is 24.3 Å². The normalized spacial score (nSPS) is 35.5. The predicted molar refractivity (Wildman–Crippen MR) is 71.5 cm³/mol. The highest BCUT2D eigenvalue weighted by Gasteiger charge is 2.58. The van der Waals surface area contributed by atoms with Gasteiger partial charge in [0.05, 0.1) is 11.0 Å². The number of ether oxygens (including phenoxy) is 1. The summed E-state index contributed by atoms with van der Waals surface area (Å²) in [5, 5.41) is -0.539. The summed E-state index contributed by atoms with van der Waals surface area (Å²) in [7, 11) is -3.37. The number of fused-ring (bicyclic) bond motifs is 1. The second kappa shape index (κ2) is 3.58. The smallest absolute Gasteiger partial charge is 0.188 e. The summed E-state index contributed by atoms with van der Waals surface area (Å²) in [5.41, 5.74) is 0.529. The van der Waals surface area contributed by atoms with Gasteiger partial charge >= 0.3 is 0 Å². The first-order valence-electron chi connectivity index (χ1n) is 6.50. The fourth-order valence-electron chi connectivity index (χ4n) is 3.43. The topological polar surface area (TPSA) is 43.4 Å². The van der Waals surface area contributed by atoms with Gasteiger partial charge in [0.25, 0.3) is 0 Å². The lowest BCUT2D eigenvalue weighted by Gasteiger charge is -2.22. The Labute approximate surface area is 112 Å². The van der Waals surface area contributed by atoms with Crippen LogP contribution < -0.4 is 0 Å². The van der Waals surface area contributed by atoms with Crippen LogP contribution in [0.5, 0.6) is 0 Å². The van der Waals surface area contributed by atoms with Crippen LogP contribution in [-0.2, 0) is 14.6 Å². The Hall–Kier alpha value is -1.39. The molecule has 1 fully saturated rings. The van der Waals surface area contributed by atoms with Crippen molar-refractivity contribution in [2.45, 2.75) is 34.7 Å². The molecule has 4 rings (SSSR count). The highest BCUT2D eigenvalue weighted by molar-refractivity contribution is 7.92. The SMILES string of the molecule is O=S(=O)(c1ccccc1)[C@@H]1C2=CCC[C@]23C=C[C@H]1O3. The molecule has 2 bridgehead atoms. The number of benzene rings is 1. The zero-order chi connectivity index (χ0) is 13.1. The van der Waals surface area contributed by atoms with Crippen molar-refractivity contribution in [3.8, 4) is 0 Å². The molecule has 0 aromatic heterocycles. The van der Waals surface area contributed by atoms with Gasteiger partial charge in [0.1, 0.15) is 10.9 Å². The van der Waals surface area contributed by atoms with Crippen molar-refractivity contribution in [1.82, 2.24) is 0 Å². The fraction of sp³-hybridized carbons (Fsp3) is 0.333. The fourth-order valence-corrected chi connectivity index (χ4v) is 5.39. The van der Waals surface area contributed by atoms with E-state index in [-0.39, 0.29) is 6.10 Å². The minimum absolute atomic E-state index is 0.322. The lowest BCUT2D eigenvalue weighted by Crippen LogP contribution is -2.33. The van der Waals surface area contributed by atoms with Crippen molar-refractivity contribution >= 4 is 9.84 Å². The Balaban J connectivity index is 1.85. The molecule has 19 heavy (non-hydrogen) atoms. The highest BCUT2D eigenvalue weighted by Crippen LogP contribution is 2.52. The molecule has 2 aliphatic heterocycles. The van der Waals surface area contributed by atoms with Crippen molar-refractivity contribution in [1.29, 1.82) is 0 Å². The minimum Gasteiger partial charge on any atom is -0.357 e. The van der Waals surface area contributed by atoms with E-state index < -0.39 is 20.7 Å². The maximum atomic E-state index is 12.8. The first-order chi connectivity index (χ1) is 9.13. The number of rotatable bonds is 2. The Morgan fingerprint density at radius 2 is 2.00 bits per heavy atom. The van der Waals surface area contributed by atoms with Gasteiger partial charge in [-0.15, -0.1) is 0 Å². The Morgan fingerprint density at radius 1 is 1.21 bits per heavy atom. The number of allylic oxidation sites excluding steroid dienone is 1. The average Bonchev–Trinajstić information content (AvgIpc) is 3.07. The van der Waals surface area contributed by atoms with Crippen LogP contribution in [0.1, 0.15) is 12.8 Å². The van der Waals surface area contributed by atoms with Crippen LogP contribution >= 0.6 is 0 Å². The lowest BCUT2D eigenvalue weighted by molar-refractivity contribution is 0.0459. The van der Waals surface area contributed by atoms with Gasteiger partial charge in [-0.25, -0.2) is 8.42 Å². The Morgan fingerprint density at radius 3 is 2.79 bits per heavy atom. The Bertz CT molecular complexity index is 687. The number of sulfone groups is 1. The summed E-state index contributed by atoms with van der Waals surface area (Å²) >= 11 is 0. The summed E-state index contributed by atoms with van der Waals surface area (Å²) < 4.78 is 31.6. The van der Waals surface area contributed by atoms with Gasteiger partial charge in [-0.1, -0.05) is 30.4 Å². The van der Waals surface area contributed by atoms with E-state index in [2.05, 4.69) is 6.08 Å². The summed E-state index contributed by atoms with van der Waals surface area (Å²) in [6.07, 6.45) is 7.44. The maximum absolute atomic E-state index is 12.8. The van der Waals surface area contributed by atoms with Gasteiger partial charge in [0.15, 0.2) is 9.84 Å². The molecule has 1 aromatic carbocycles. The van der Waals surface area contributed by atoms with E-state index in [1.165, 1.54) is 0 Å². The largest absolute Gasteiger partial charge is 0.357 e. The zero-order valence-electron chi connectivity index (χ0n) is 10.3. The molecule has 1 aromatic rings. The van der Waals surface area contributed by atoms with Crippen LogP contribution in [0.4, 0.5) is 0 Å². The van der Waals surface area contributed by atoms with Gasteiger partial charge in [-0.3, -0.25) is 0 Å². The van der Waals surface area contributed by atoms with Crippen molar-refractivity contribution in [2.75, 3.05) is 0 Å². The van der Waals surface area contributed by atoms with Crippen molar-refractivity contribution < 1.29 is 13.2 Å². The highest BCUT2D eigenvalue weighted by atomic mass is 32.2. The van der Waals surface area contributed by atoms with E-state index >= 15 is 0 Å². The maximum Gasteiger partial charge on any atom is 0.188 e. The first kappa shape index (κ1) is 11.4. The summed E-state index contributed by atoms with van der Waals surface area (Å²) in [5.74, 6) is 0. The van der Waals surface area contributed by atoms with E-state index in [4.69, 9.17) is 4.74 Å². The van der Waals surface area contributed by atoms with Crippen LogP contribution in [0.25, 0.3) is 0 Å². The summed E-state index contributed by atoms with van der Waals surface area (Å²) in [6.45, 7) is 0. The van der Waals surface area contributed by atoms with Gasteiger partial charge < -0.3 is 4.74 Å². The van der Waals surface area contributed by atoms with Crippen LogP contribution in [0.2, 0.25) is 0 Å². The molecule has 0 unspecified atom stereocenters. The monoisotopic (exact) mass is 274 g/mol. The minimum atomic E-state index is -3.37. The third-order valence-corrected chi connectivity index (χ3v) is 6.40. The molecule has 2 heterocycles. The average molecular weight is 274 g/mol. The lowest BCUT2D eigenvalue weighted by atomic mass is 9.91. The van der Waals surface area contributed by atoms with Crippen LogP contribution in [0.15, 0.2) is 59.0 Å². The van der Waals surface area contributed by atoms with E-state index in [9.17, 15) is 8.42 Å². The molecular weight excluding hydrogens is 260 g/mol. The molecule has 0 radical (unpaired) electrons. The van der Waals surface area contributed by atoms with Crippen LogP contribution in [0.3, 0.4) is 0 Å². The molecular formula is C15H14O3S. The van der Waals surface area contributed by atoms with Gasteiger partial charge in [0, 0.05) is 0 Å². The summed E-state index contributed by atoms with van der Waals surface area (Å²) in [4.78, 5) is 0.382. The predicted octanol–water partition coefficient (Wildman–Crippen LogP) is 2.26. The summed E-state index contributed by atoms with van der Waals surface area (Å²) in [6, 6.07) is 8.66. The molecule has 1 saturated heterocycles. The molecule has 1 spiro atoms. The standard InChI is InChI=1S/C15H14O3S/c16-19(17,11-5-2-1-3-6-11)14-12-7-4-9-15(12)10-8-13(14)18-15/h1-3,5-8,10,13-14H,4,9H2/t13-,14-,15+/m1/s1. The first-order valence-corrected chi connectivity index (χ1v) is 8.05. The number of hydrogen-bond acceptors (Lipinski definition) is 3. The van der Waals surface area contributed by atoms with Crippen LogP contribution in [-0.4, -0.2) is 25.4 Å². The number of hydrogen-bond donors (Lipinski definition) is 0.